The number of amides is 5. The van der Waals surface area contributed by atoms with E-state index in [1.54, 1.807) is 18.2 Å². The van der Waals surface area contributed by atoms with Crippen LogP contribution in [0.3, 0.4) is 0 Å². The van der Waals surface area contributed by atoms with Crippen LogP contribution in [0.5, 0.6) is 0 Å². The molecule has 10 heteroatoms. The topological polar surface area (TPSA) is 119 Å². The predicted octanol–water partition coefficient (Wildman–Crippen LogP) is -0.654. The molecule has 3 heterocycles. The minimum Gasteiger partial charge on any atom is -0.368 e. The van der Waals surface area contributed by atoms with Gasteiger partial charge in [0.2, 0.25) is 17.7 Å². The van der Waals surface area contributed by atoms with E-state index in [1.165, 1.54) is 0 Å². The van der Waals surface area contributed by atoms with Crippen molar-refractivity contribution in [3.8, 4) is 0 Å². The van der Waals surface area contributed by atoms with Gasteiger partial charge in [0, 0.05) is 39.1 Å². The monoisotopic (exact) mass is 427 g/mol. The van der Waals surface area contributed by atoms with Crippen molar-refractivity contribution in [2.75, 3.05) is 44.2 Å². The van der Waals surface area contributed by atoms with Crippen LogP contribution >= 0.6 is 0 Å². The number of piperazine rings is 1. The molecule has 0 saturated carbocycles. The van der Waals surface area contributed by atoms with E-state index >= 15 is 0 Å². The van der Waals surface area contributed by atoms with E-state index in [4.69, 9.17) is 0 Å². The fourth-order valence-electron chi connectivity index (χ4n) is 4.36. The van der Waals surface area contributed by atoms with Gasteiger partial charge < -0.3 is 10.2 Å². The van der Waals surface area contributed by atoms with Crippen molar-refractivity contribution in [2.45, 2.75) is 25.8 Å². The zero-order chi connectivity index (χ0) is 22.1. The van der Waals surface area contributed by atoms with E-state index in [-0.39, 0.29) is 24.3 Å². The molecule has 3 aliphatic heterocycles. The lowest BCUT2D eigenvalue weighted by Gasteiger charge is -2.36. The van der Waals surface area contributed by atoms with Gasteiger partial charge in [-0.05, 0) is 25.5 Å². The van der Waals surface area contributed by atoms with Crippen LogP contribution in [0.2, 0.25) is 0 Å². The van der Waals surface area contributed by atoms with E-state index in [9.17, 15) is 24.0 Å². The number of imide groups is 2. The number of anilines is 1. The van der Waals surface area contributed by atoms with E-state index in [1.807, 2.05) is 16.7 Å². The highest BCUT2D eigenvalue weighted by Gasteiger charge is 2.46. The van der Waals surface area contributed by atoms with Crippen LogP contribution in [-0.2, 0) is 14.4 Å². The third kappa shape index (κ3) is 3.90. The average Bonchev–Trinajstić information content (AvgIpc) is 3.00. The smallest absolute Gasteiger partial charge is 0.264 e. The molecule has 31 heavy (non-hydrogen) atoms. The first-order valence-electron chi connectivity index (χ1n) is 10.5. The van der Waals surface area contributed by atoms with Gasteiger partial charge in [-0.25, -0.2) is 0 Å². The lowest BCUT2D eigenvalue weighted by molar-refractivity contribution is -0.136. The maximum atomic E-state index is 13.2. The van der Waals surface area contributed by atoms with Gasteiger partial charge in [-0.3, -0.25) is 39.1 Å². The predicted molar refractivity (Wildman–Crippen MR) is 110 cm³/mol. The van der Waals surface area contributed by atoms with Gasteiger partial charge in [-0.2, -0.15) is 0 Å². The second-order valence-corrected chi connectivity index (χ2v) is 7.86. The molecular formula is C21H25N5O5. The number of carbonyl (C=O) groups excluding carboxylic acids is 5. The van der Waals surface area contributed by atoms with Crippen LogP contribution in [-0.4, -0.2) is 84.6 Å². The fourth-order valence-corrected chi connectivity index (χ4v) is 4.36. The molecule has 10 nitrogen and oxygen atoms in total. The zero-order valence-electron chi connectivity index (χ0n) is 17.3. The molecule has 1 aromatic carbocycles. The summed E-state index contributed by atoms with van der Waals surface area (Å²) in [6.07, 6.45) is 0.216. The summed E-state index contributed by atoms with van der Waals surface area (Å²) in [6.45, 7) is 5.32. The van der Waals surface area contributed by atoms with Gasteiger partial charge in [0.05, 0.1) is 23.4 Å². The molecule has 2 fully saturated rings. The average molecular weight is 427 g/mol. The Morgan fingerprint density at radius 1 is 1.10 bits per heavy atom. The minimum absolute atomic E-state index is 0.0165. The molecule has 5 amide bonds. The first-order valence-corrected chi connectivity index (χ1v) is 10.5. The molecule has 0 aromatic heterocycles. The maximum Gasteiger partial charge on any atom is 0.264 e. The number of likely N-dealkylation sites (N-methyl/N-ethyl adjacent to an activating group) is 1. The summed E-state index contributed by atoms with van der Waals surface area (Å²) in [7, 11) is 0. The SMILES string of the molecule is CCNC(=O)CN1CCN(c2cccc3c2C(=O)N(C2CCC(=O)NC2=O)C3=O)CC1. The molecule has 0 aliphatic carbocycles. The Morgan fingerprint density at radius 3 is 2.52 bits per heavy atom. The van der Waals surface area contributed by atoms with Crippen molar-refractivity contribution >= 4 is 35.2 Å². The largest absolute Gasteiger partial charge is 0.368 e. The van der Waals surface area contributed by atoms with Gasteiger partial charge in [0.25, 0.3) is 11.8 Å². The minimum atomic E-state index is -0.980. The number of fused-ring (bicyclic) bond motifs is 1. The Bertz CT molecular complexity index is 953. The number of nitrogens with one attached hydrogen (secondary N) is 2. The van der Waals surface area contributed by atoms with Gasteiger partial charge >= 0.3 is 0 Å². The third-order valence-corrected chi connectivity index (χ3v) is 5.90. The molecule has 164 valence electrons. The quantitative estimate of drug-likeness (QED) is 0.599. The molecule has 1 unspecified atom stereocenters. The Hall–Kier alpha value is -3.27. The number of rotatable bonds is 5. The molecule has 0 radical (unpaired) electrons. The van der Waals surface area contributed by atoms with Crippen LogP contribution in [0.25, 0.3) is 0 Å². The van der Waals surface area contributed by atoms with E-state index in [2.05, 4.69) is 10.6 Å². The second kappa shape index (κ2) is 8.46. The van der Waals surface area contributed by atoms with E-state index in [0.717, 1.165) is 4.90 Å². The molecule has 4 rings (SSSR count). The molecular weight excluding hydrogens is 402 g/mol. The van der Waals surface area contributed by atoms with Crippen molar-refractivity contribution in [2.24, 2.45) is 0 Å². The molecule has 0 spiro atoms. The number of benzene rings is 1. The van der Waals surface area contributed by atoms with Crippen molar-refractivity contribution in [3.05, 3.63) is 29.3 Å². The maximum absolute atomic E-state index is 13.2. The summed E-state index contributed by atoms with van der Waals surface area (Å²) in [6, 6.07) is 4.15. The van der Waals surface area contributed by atoms with Gasteiger partial charge in [-0.15, -0.1) is 0 Å². The molecule has 2 N–H and O–H groups in total. The summed E-state index contributed by atoms with van der Waals surface area (Å²) in [5.41, 5.74) is 1.23. The standard InChI is InChI=1S/C21H25N5O5/c1-2-22-17(28)12-24-8-10-25(11-9-24)14-5-3-4-13-18(14)21(31)26(20(13)30)15-6-7-16(27)23-19(15)29/h3-5,15H,2,6-12H2,1H3,(H,22,28)(H,23,27,29). The Morgan fingerprint density at radius 2 is 1.84 bits per heavy atom. The Kier molecular flexibility index (Phi) is 5.73. The number of hydrogen-bond donors (Lipinski definition) is 2. The molecule has 1 aromatic rings. The van der Waals surface area contributed by atoms with Crippen molar-refractivity contribution < 1.29 is 24.0 Å². The zero-order valence-corrected chi connectivity index (χ0v) is 17.3. The van der Waals surface area contributed by atoms with Crippen LogP contribution < -0.4 is 15.5 Å². The highest BCUT2D eigenvalue weighted by Crippen LogP contribution is 2.34. The Balaban J connectivity index is 1.51. The molecule has 0 bridgehead atoms. The lowest BCUT2D eigenvalue weighted by atomic mass is 10.0. The second-order valence-electron chi connectivity index (χ2n) is 7.86. The number of nitrogens with zero attached hydrogens (tertiary/aromatic N) is 3. The van der Waals surface area contributed by atoms with Crippen molar-refractivity contribution in [1.82, 2.24) is 20.4 Å². The van der Waals surface area contributed by atoms with Crippen LogP contribution in [0, 0.1) is 0 Å². The van der Waals surface area contributed by atoms with Crippen LogP contribution in [0.4, 0.5) is 5.69 Å². The molecule has 1 atom stereocenters. The Labute approximate surface area is 179 Å². The fraction of sp³-hybridized carbons (Fsp3) is 0.476. The van der Waals surface area contributed by atoms with Crippen LogP contribution in [0.15, 0.2) is 18.2 Å². The highest BCUT2D eigenvalue weighted by atomic mass is 16.2. The lowest BCUT2D eigenvalue weighted by Crippen LogP contribution is -2.54. The van der Waals surface area contributed by atoms with Gasteiger partial charge in [-0.1, -0.05) is 6.07 Å². The van der Waals surface area contributed by atoms with E-state index < -0.39 is 29.7 Å². The first kappa shape index (κ1) is 21.0. The summed E-state index contributed by atoms with van der Waals surface area (Å²) >= 11 is 0. The van der Waals surface area contributed by atoms with Gasteiger partial charge in [0.1, 0.15) is 6.04 Å². The first-order chi connectivity index (χ1) is 14.9. The third-order valence-electron chi connectivity index (χ3n) is 5.90. The summed E-state index contributed by atoms with van der Waals surface area (Å²) < 4.78 is 0. The number of piperidine rings is 1. The van der Waals surface area contributed by atoms with Crippen LogP contribution in [0.1, 0.15) is 40.5 Å². The summed E-state index contributed by atoms with van der Waals surface area (Å²) in [4.78, 5) is 66.8. The number of carbonyl (C=O) groups is 5. The van der Waals surface area contributed by atoms with Crippen molar-refractivity contribution in [1.29, 1.82) is 0 Å². The summed E-state index contributed by atoms with van der Waals surface area (Å²) in [5.74, 6) is -2.05. The molecule has 3 aliphatic rings. The van der Waals surface area contributed by atoms with Crippen molar-refractivity contribution in [3.63, 3.8) is 0 Å². The summed E-state index contributed by atoms with van der Waals surface area (Å²) in [5, 5.41) is 5.00. The molecule has 2 saturated heterocycles. The normalized spacial score (nSPS) is 21.9. The number of hydrogen-bond acceptors (Lipinski definition) is 7. The van der Waals surface area contributed by atoms with Gasteiger partial charge in [0.15, 0.2) is 0 Å². The van der Waals surface area contributed by atoms with E-state index in [0.29, 0.717) is 50.5 Å². The highest BCUT2D eigenvalue weighted by molar-refractivity contribution is 6.25.